The van der Waals surface area contributed by atoms with Crippen LogP contribution in [0.15, 0.2) is 75.5 Å². The third-order valence-electron chi connectivity index (χ3n) is 6.20. The number of nitrogens with one attached hydrogen (secondary N) is 2. The van der Waals surface area contributed by atoms with E-state index >= 15 is 0 Å². The minimum absolute atomic E-state index is 0.0967. The van der Waals surface area contributed by atoms with Crippen molar-refractivity contribution in [3.63, 3.8) is 0 Å². The molecule has 1 aliphatic heterocycles. The van der Waals surface area contributed by atoms with E-state index in [9.17, 15) is 9.59 Å². The molecule has 168 valence electrons. The molecule has 7 heteroatoms. The highest BCUT2D eigenvalue weighted by atomic mass is 79.9. The molecule has 0 spiro atoms. The van der Waals surface area contributed by atoms with Crippen LogP contribution in [0.4, 0.5) is 5.13 Å². The molecule has 3 aromatic rings. The van der Waals surface area contributed by atoms with Crippen LogP contribution in [-0.4, -0.2) is 16.7 Å². The first kappa shape index (κ1) is 22.0. The first-order valence-corrected chi connectivity index (χ1v) is 12.5. The third-order valence-corrected chi connectivity index (χ3v) is 7.68. The lowest BCUT2D eigenvalue weighted by atomic mass is 9.68. The van der Waals surface area contributed by atoms with E-state index < -0.39 is 5.92 Å². The number of para-hydroxylation sites is 1. The number of dihydropyridines is 1. The number of fused-ring (bicyclic) bond motifs is 1. The van der Waals surface area contributed by atoms with Crippen molar-refractivity contribution in [2.75, 3.05) is 5.32 Å². The number of allylic oxidation sites excluding steroid dienone is 3. The van der Waals surface area contributed by atoms with Crippen LogP contribution < -0.4 is 10.6 Å². The number of ketones is 1. The highest BCUT2D eigenvalue weighted by molar-refractivity contribution is 9.10. The Balaban J connectivity index is 1.57. The summed E-state index contributed by atoms with van der Waals surface area (Å²) in [6.45, 7) is 6.13. The van der Waals surface area contributed by atoms with Gasteiger partial charge in [0.2, 0.25) is 0 Å². The number of thiazole rings is 1. The second kappa shape index (κ2) is 8.22. The number of Topliss-reactive ketones (excluding diaryl/α,β-unsaturated/α-hetero) is 1. The molecule has 1 aromatic heterocycles. The Labute approximate surface area is 205 Å². The summed E-state index contributed by atoms with van der Waals surface area (Å²) in [4.78, 5) is 31.6. The molecular weight excluding hydrogens is 498 g/mol. The molecule has 0 radical (unpaired) electrons. The van der Waals surface area contributed by atoms with Crippen LogP contribution in [0.5, 0.6) is 0 Å². The molecule has 0 bridgehead atoms. The fourth-order valence-corrected chi connectivity index (χ4v) is 5.94. The van der Waals surface area contributed by atoms with Crippen LogP contribution in [0.1, 0.15) is 45.1 Å². The van der Waals surface area contributed by atoms with E-state index in [1.165, 1.54) is 11.3 Å². The Hall–Kier alpha value is -2.77. The van der Waals surface area contributed by atoms with Crippen LogP contribution in [0.3, 0.4) is 0 Å². The van der Waals surface area contributed by atoms with Gasteiger partial charge in [-0.05, 0) is 48.6 Å². The number of halogens is 1. The summed E-state index contributed by atoms with van der Waals surface area (Å²) < 4.78 is 1.96. The summed E-state index contributed by atoms with van der Waals surface area (Å²) in [5.41, 5.74) is 4.62. The predicted molar refractivity (Wildman–Crippen MR) is 136 cm³/mol. The largest absolute Gasteiger partial charge is 0.362 e. The Morgan fingerprint density at radius 3 is 2.61 bits per heavy atom. The van der Waals surface area contributed by atoms with Crippen molar-refractivity contribution in [3.05, 3.63) is 81.1 Å². The number of carbonyl (C=O) groups is 2. The van der Waals surface area contributed by atoms with Crippen molar-refractivity contribution >= 4 is 54.3 Å². The molecule has 2 N–H and O–H groups in total. The van der Waals surface area contributed by atoms with Gasteiger partial charge in [0.25, 0.3) is 5.91 Å². The molecule has 1 amide bonds. The summed E-state index contributed by atoms with van der Waals surface area (Å²) in [6.07, 6.45) is 1.23. The highest BCUT2D eigenvalue weighted by Crippen LogP contribution is 2.47. The molecule has 1 atom stereocenters. The van der Waals surface area contributed by atoms with Gasteiger partial charge in [0.05, 0.1) is 10.2 Å². The smallest absolute Gasteiger partial charge is 0.256 e. The van der Waals surface area contributed by atoms with Crippen LogP contribution >= 0.6 is 27.3 Å². The van der Waals surface area contributed by atoms with Crippen LogP contribution in [0.25, 0.3) is 10.2 Å². The second-order valence-electron chi connectivity index (χ2n) is 9.42. The third kappa shape index (κ3) is 4.15. The molecule has 0 saturated carbocycles. The lowest BCUT2D eigenvalue weighted by Crippen LogP contribution is -2.39. The molecule has 33 heavy (non-hydrogen) atoms. The normalized spacial score (nSPS) is 20.0. The lowest BCUT2D eigenvalue weighted by Gasteiger charge is -2.39. The van der Waals surface area contributed by atoms with Gasteiger partial charge in [-0.15, -0.1) is 0 Å². The molecule has 1 aliphatic carbocycles. The average molecular weight is 522 g/mol. The Bertz CT molecular complexity index is 1320. The van der Waals surface area contributed by atoms with Gasteiger partial charge in [-0.1, -0.05) is 65.4 Å². The number of benzene rings is 2. The van der Waals surface area contributed by atoms with Crippen molar-refractivity contribution < 1.29 is 9.59 Å². The molecule has 0 fully saturated rings. The van der Waals surface area contributed by atoms with Gasteiger partial charge in [-0.3, -0.25) is 14.9 Å². The zero-order valence-electron chi connectivity index (χ0n) is 18.7. The number of aromatic nitrogens is 1. The van der Waals surface area contributed by atoms with Crippen molar-refractivity contribution in [1.29, 1.82) is 0 Å². The zero-order chi connectivity index (χ0) is 23.3. The zero-order valence-corrected chi connectivity index (χ0v) is 21.1. The monoisotopic (exact) mass is 521 g/mol. The quantitative estimate of drug-likeness (QED) is 0.424. The maximum atomic E-state index is 13.6. The van der Waals surface area contributed by atoms with E-state index in [4.69, 9.17) is 0 Å². The summed E-state index contributed by atoms with van der Waals surface area (Å²) in [5, 5.41) is 6.95. The first-order chi connectivity index (χ1) is 15.7. The number of amides is 1. The predicted octanol–water partition coefficient (Wildman–Crippen LogP) is 6.30. The van der Waals surface area contributed by atoms with Gasteiger partial charge in [0.15, 0.2) is 10.9 Å². The molecule has 5 rings (SSSR count). The summed E-state index contributed by atoms with van der Waals surface area (Å²) in [6, 6.07) is 15.7. The first-order valence-electron chi connectivity index (χ1n) is 10.9. The van der Waals surface area contributed by atoms with Gasteiger partial charge in [-0.25, -0.2) is 4.98 Å². The molecular formula is C26H24BrN3O2S. The number of nitrogens with zero attached hydrogens (tertiary/aromatic N) is 1. The van der Waals surface area contributed by atoms with Gasteiger partial charge in [-0.2, -0.15) is 0 Å². The Morgan fingerprint density at radius 2 is 1.88 bits per heavy atom. The second-order valence-corrected chi connectivity index (χ2v) is 11.4. The molecule has 0 unspecified atom stereocenters. The van der Waals surface area contributed by atoms with Crippen molar-refractivity contribution in [2.45, 2.75) is 39.5 Å². The van der Waals surface area contributed by atoms with Crippen molar-refractivity contribution in [3.8, 4) is 0 Å². The summed E-state index contributed by atoms with van der Waals surface area (Å²) >= 11 is 4.93. The minimum Gasteiger partial charge on any atom is -0.362 e. The topological polar surface area (TPSA) is 71.1 Å². The minimum atomic E-state index is -0.424. The van der Waals surface area contributed by atoms with Gasteiger partial charge in [0.1, 0.15) is 0 Å². The average Bonchev–Trinajstić information content (AvgIpc) is 3.14. The molecule has 2 aliphatic rings. The molecule has 2 heterocycles. The summed E-state index contributed by atoms with van der Waals surface area (Å²) in [7, 11) is 0. The SMILES string of the molecule is CC1=C(C(=O)Nc2nc3ccccc3s2)[C@@H](c2ccc(Br)cc2)C2=C(CC(C)(C)CC2=O)N1. The fraction of sp³-hybridized carbons (Fsp3) is 0.269. The van der Waals surface area contributed by atoms with Gasteiger partial charge < -0.3 is 5.32 Å². The number of hydrogen-bond acceptors (Lipinski definition) is 5. The van der Waals surface area contributed by atoms with Gasteiger partial charge in [0, 0.05) is 39.4 Å². The molecule has 5 nitrogen and oxygen atoms in total. The fourth-order valence-electron chi connectivity index (χ4n) is 4.82. The lowest BCUT2D eigenvalue weighted by molar-refractivity contribution is -0.118. The Morgan fingerprint density at radius 1 is 1.15 bits per heavy atom. The van der Waals surface area contributed by atoms with Crippen molar-refractivity contribution in [2.24, 2.45) is 5.41 Å². The summed E-state index contributed by atoms with van der Waals surface area (Å²) in [5.74, 6) is -0.567. The standard InChI is InChI=1S/C26H24BrN3O2S/c1-14-21(24(32)30-25-29-17-6-4-5-7-20(17)33-25)22(15-8-10-16(27)11-9-15)23-18(28-14)12-26(2,3)13-19(23)31/h4-11,22,28H,12-13H2,1-3H3,(H,29,30,32)/t22-/m1/s1. The van der Waals surface area contributed by atoms with E-state index in [2.05, 4.69) is 45.4 Å². The van der Waals surface area contributed by atoms with E-state index in [0.717, 1.165) is 38.1 Å². The van der Waals surface area contributed by atoms with Crippen molar-refractivity contribution in [1.82, 2.24) is 10.3 Å². The van der Waals surface area contributed by atoms with Gasteiger partial charge >= 0.3 is 0 Å². The Kier molecular flexibility index (Phi) is 5.49. The van der Waals surface area contributed by atoms with E-state index in [1.54, 1.807) is 0 Å². The van der Waals surface area contributed by atoms with Crippen LogP contribution in [-0.2, 0) is 9.59 Å². The molecule has 0 saturated heterocycles. The maximum Gasteiger partial charge on any atom is 0.256 e. The number of carbonyl (C=O) groups excluding carboxylic acids is 2. The van der Waals surface area contributed by atoms with Crippen LogP contribution in [0.2, 0.25) is 0 Å². The highest BCUT2D eigenvalue weighted by Gasteiger charge is 2.42. The van der Waals surface area contributed by atoms with Crippen LogP contribution in [0, 0.1) is 5.41 Å². The number of rotatable bonds is 3. The maximum absolute atomic E-state index is 13.6. The number of hydrogen-bond donors (Lipinski definition) is 2. The van der Waals surface area contributed by atoms with E-state index in [-0.39, 0.29) is 17.1 Å². The van der Waals surface area contributed by atoms with E-state index in [0.29, 0.717) is 22.7 Å². The molecule has 2 aromatic carbocycles. The number of anilines is 1. The van der Waals surface area contributed by atoms with E-state index in [1.807, 2.05) is 55.5 Å².